The van der Waals surface area contributed by atoms with Crippen molar-refractivity contribution >= 4 is 0 Å². The Labute approximate surface area is 103 Å². The molecule has 4 heteroatoms. The van der Waals surface area contributed by atoms with Gasteiger partial charge in [0.15, 0.2) is 5.79 Å². The average Bonchev–Trinajstić information content (AvgIpc) is 3.08. The van der Waals surface area contributed by atoms with Gasteiger partial charge >= 0.3 is 0 Å². The fourth-order valence-corrected chi connectivity index (χ4v) is 2.92. The highest BCUT2D eigenvalue weighted by atomic mass is 16.7. The number of nitrogens with one attached hydrogen (secondary N) is 1. The van der Waals surface area contributed by atoms with Gasteiger partial charge in [-0.15, -0.1) is 0 Å². The molecule has 2 aliphatic carbocycles. The Balaban J connectivity index is 1.59. The third-order valence-electron chi connectivity index (χ3n) is 4.22. The fourth-order valence-electron chi connectivity index (χ4n) is 2.92. The second-order valence-corrected chi connectivity index (χ2v) is 5.56. The quantitative estimate of drug-likeness (QED) is 0.805. The highest BCUT2D eigenvalue weighted by Crippen LogP contribution is 2.38. The van der Waals surface area contributed by atoms with Crippen molar-refractivity contribution in [1.82, 2.24) is 5.32 Å². The highest BCUT2D eigenvalue weighted by molar-refractivity contribution is 4.92. The van der Waals surface area contributed by atoms with E-state index >= 15 is 0 Å². The van der Waals surface area contributed by atoms with Crippen LogP contribution in [0.1, 0.15) is 32.1 Å². The van der Waals surface area contributed by atoms with Crippen molar-refractivity contribution in [1.29, 1.82) is 0 Å². The summed E-state index contributed by atoms with van der Waals surface area (Å²) in [6.07, 6.45) is 5.87. The summed E-state index contributed by atoms with van der Waals surface area (Å²) >= 11 is 0. The van der Waals surface area contributed by atoms with Gasteiger partial charge in [-0.1, -0.05) is 0 Å². The van der Waals surface area contributed by atoms with Gasteiger partial charge in [-0.05, 0) is 32.2 Å². The lowest BCUT2D eigenvalue weighted by Crippen LogP contribution is -2.51. The van der Waals surface area contributed by atoms with Crippen LogP contribution in [0.15, 0.2) is 0 Å². The van der Waals surface area contributed by atoms with E-state index in [9.17, 15) is 0 Å². The zero-order chi connectivity index (χ0) is 11.7. The van der Waals surface area contributed by atoms with Crippen molar-refractivity contribution in [2.75, 3.05) is 26.9 Å². The number of hydrogen-bond acceptors (Lipinski definition) is 4. The Kier molecular flexibility index (Phi) is 3.39. The molecular formula is C13H23NO3. The molecule has 1 spiro atoms. The van der Waals surface area contributed by atoms with Crippen LogP contribution in [-0.2, 0) is 14.2 Å². The molecular weight excluding hydrogens is 218 g/mol. The van der Waals surface area contributed by atoms with Gasteiger partial charge in [-0.25, -0.2) is 0 Å². The van der Waals surface area contributed by atoms with E-state index in [2.05, 4.69) is 5.32 Å². The number of rotatable bonds is 4. The average molecular weight is 241 g/mol. The van der Waals surface area contributed by atoms with Crippen LogP contribution in [0.4, 0.5) is 0 Å². The van der Waals surface area contributed by atoms with Crippen LogP contribution < -0.4 is 5.32 Å². The predicted molar refractivity (Wildman–Crippen MR) is 63.8 cm³/mol. The first kappa shape index (κ1) is 11.9. The van der Waals surface area contributed by atoms with Crippen LogP contribution in [0.2, 0.25) is 0 Å². The van der Waals surface area contributed by atoms with E-state index in [1.807, 2.05) is 7.05 Å². The maximum atomic E-state index is 6.07. The van der Waals surface area contributed by atoms with Crippen molar-refractivity contribution in [2.45, 2.75) is 50.0 Å². The van der Waals surface area contributed by atoms with E-state index < -0.39 is 0 Å². The molecule has 3 aliphatic rings. The van der Waals surface area contributed by atoms with Crippen LogP contribution >= 0.6 is 0 Å². The van der Waals surface area contributed by atoms with E-state index in [4.69, 9.17) is 14.2 Å². The maximum absolute atomic E-state index is 6.07. The molecule has 0 amide bonds. The van der Waals surface area contributed by atoms with Crippen LogP contribution in [0.3, 0.4) is 0 Å². The summed E-state index contributed by atoms with van der Waals surface area (Å²) in [4.78, 5) is 0. The Hall–Kier alpha value is -0.160. The van der Waals surface area contributed by atoms with Crippen LogP contribution in [0, 0.1) is 5.92 Å². The summed E-state index contributed by atoms with van der Waals surface area (Å²) < 4.78 is 17.7. The number of hydrogen-bond donors (Lipinski definition) is 1. The van der Waals surface area contributed by atoms with E-state index in [0.29, 0.717) is 6.04 Å². The summed E-state index contributed by atoms with van der Waals surface area (Å²) in [6.45, 7) is 2.39. The zero-order valence-electron chi connectivity index (χ0n) is 10.6. The normalized spacial score (nSPS) is 36.5. The SMILES string of the molecule is CNC1CCC2(CC1OCC1CC1)OCCO2. The lowest BCUT2D eigenvalue weighted by atomic mass is 9.87. The van der Waals surface area contributed by atoms with Crippen molar-refractivity contribution in [3.8, 4) is 0 Å². The molecule has 17 heavy (non-hydrogen) atoms. The molecule has 0 bridgehead atoms. The van der Waals surface area contributed by atoms with Crippen LogP contribution in [0.25, 0.3) is 0 Å². The Morgan fingerprint density at radius 1 is 1.24 bits per heavy atom. The molecule has 1 N–H and O–H groups in total. The van der Waals surface area contributed by atoms with Gasteiger partial charge in [-0.3, -0.25) is 0 Å². The standard InChI is InChI=1S/C13H23NO3/c1-14-11-4-5-13(16-6-7-17-13)8-12(11)15-9-10-2-3-10/h10-12,14H,2-9H2,1H3. The van der Waals surface area contributed by atoms with Crippen molar-refractivity contribution < 1.29 is 14.2 Å². The summed E-state index contributed by atoms with van der Waals surface area (Å²) in [5.41, 5.74) is 0. The summed E-state index contributed by atoms with van der Waals surface area (Å²) in [7, 11) is 2.02. The van der Waals surface area contributed by atoms with Gasteiger partial charge in [0, 0.05) is 25.5 Å². The predicted octanol–water partition coefficient (Wildman–Crippen LogP) is 1.30. The first-order valence-corrected chi connectivity index (χ1v) is 6.88. The molecule has 1 aliphatic heterocycles. The molecule has 2 saturated carbocycles. The molecule has 2 unspecified atom stereocenters. The largest absolute Gasteiger partial charge is 0.376 e. The van der Waals surface area contributed by atoms with E-state index in [-0.39, 0.29) is 11.9 Å². The van der Waals surface area contributed by atoms with Gasteiger partial charge in [-0.2, -0.15) is 0 Å². The van der Waals surface area contributed by atoms with E-state index in [1.165, 1.54) is 12.8 Å². The monoisotopic (exact) mass is 241 g/mol. The van der Waals surface area contributed by atoms with Crippen molar-refractivity contribution in [3.05, 3.63) is 0 Å². The van der Waals surface area contributed by atoms with Crippen molar-refractivity contribution in [2.24, 2.45) is 5.92 Å². The zero-order valence-corrected chi connectivity index (χ0v) is 10.6. The van der Waals surface area contributed by atoms with Gasteiger partial charge in [0.2, 0.25) is 0 Å². The molecule has 0 radical (unpaired) electrons. The summed E-state index contributed by atoms with van der Waals surface area (Å²) in [5, 5.41) is 3.37. The number of ether oxygens (including phenoxy) is 3. The minimum Gasteiger partial charge on any atom is -0.376 e. The maximum Gasteiger partial charge on any atom is 0.171 e. The van der Waals surface area contributed by atoms with E-state index in [0.717, 1.165) is 45.0 Å². The molecule has 0 aromatic heterocycles. The topological polar surface area (TPSA) is 39.7 Å². The minimum absolute atomic E-state index is 0.243. The third kappa shape index (κ3) is 2.65. The lowest BCUT2D eigenvalue weighted by Gasteiger charge is -2.40. The van der Waals surface area contributed by atoms with Gasteiger partial charge < -0.3 is 19.5 Å². The first-order chi connectivity index (χ1) is 8.31. The van der Waals surface area contributed by atoms with E-state index in [1.54, 1.807) is 0 Å². The lowest BCUT2D eigenvalue weighted by molar-refractivity contribution is -0.207. The van der Waals surface area contributed by atoms with Crippen LogP contribution in [-0.4, -0.2) is 44.8 Å². The van der Waals surface area contributed by atoms with Gasteiger partial charge in [0.25, 0.3) is 0 Å². The van der Waals surface area contributed by atoms with Crippen LogP contribution in [0.5, 0.6) is 0 Å². The van der Waals surface area contributed by atoms with Gasteiger partial charge in [0.05, 0.1) is 19.3 Å². The molecule has 3 rings (SSSR count). The second kappa shape index (κ2) is 4.84. The third-order valence-corrected chi connectivity index (χ3v) is 4.22. The summed E-state index contributed by atoms with van der Waals surface area (Å²) in [6, 6.07) is 0.451. The second-order valence-electron chi connectivity index (χ2n) is 5.56. The Morgan fingerprint density at radius 2 is 2.00 bits per heavy atom. The molecule has 3 fully saturated rings. The molecule has 1 heterocycles. The highest BCUT2D eigenvalue weighted by Gasteiger charge is 2.45. The Morgan fingerprint density at radius 3 is 2.65 bits per heavy atom. The molecule has 0 aromatic rings. The summed E-state index contributed by atoms with van der Waals surface area (Å²) in [5.74, 6) is 0.484. The molecule has 98 valence electrons. The fraction of sp³-hybridized carbons (Fsp3) is 1.00. The minimum atomic E-state index is -0.332. The smallest absolute Gasteiger partial charge is 0.171 e. The Bertz CT molecular complexity index is 261. The number of likely N-dealkylation sites (N-methyl/N-ethyl adjacent to an activating group) is 1. The first-order valence-electron chi connectivity index (χ1n) is 6.88. The van der Waals surface area contributed by atoms with Gasteiger partial charge in [0.1, 0.15) is 0 Å². The molecule has 1 saturated heterocycles. The van der Waals surface area contributed by atoms with Crippen molar-refractivity contribution in [3.63, 3.8) is 0 Å². The molecule has 0 aromatic carbocycles. The molecule has 4 nitrogen and oxygen atoms in total. The molecule has 2 atom stereocenters.